The van der Waals surface area contributed by atoms with Crippen LogP contribution in [0.4, 0.5) is 0 Å². The molecule has 0 amide bonds. The fraction of sp³-hybridized carbons (Fsp3) is 0.429. The molecule has 0 spiro atoms. The van der Waals surface area contributed by atoms with Crippen LogP contribution < -0.4 is 0 Å². The third kappa shape index (κ3) is 3.24. The van der Waals surface area contributed by atoms with Crippen LogP contribution in [0.5, 0.6) is 0 Å². The van der Waals surface area contributed by atoms with E-state index in [2.05, 4.69) is 31.7 Å². The van der Waals surface area contributed by atoms with Gasteiger partial charge in [-0.25, -0.2) is 4.98 Å². The SMILES string of the molecule is CSC1(Cn2c(SCC(=O)O)nc3cc(Br)ccc32)CC1. The Morgan fingerprint density at radius 1 is 1.52 bits per heavy atom. The maximum Gasteiger partial charge on any atom is 0.313 e. The molecule has 1 aliphatic rings. The van der Waals surface area contributed by atoms with Gasteiger partial charge < -0.3 is 9.67 Å². The minimum Gasteiger partial charge on any atom is -0.481 e. The van der Waals surface area contributed by atoms with Gasteiger partial charge in [0.1, 0.15) is 0 Å². The van der Waals surface area contributed by atoms with E-state index in [9.17, 15) is 4.79 Å². The predicted molar refractivity (Wildman–Crippen MR) is 91.3 cm³/mol. The Hall–Kier alpha value is -0.660. The Morgan fingerprint density at radius 2 is 2.29 bits per heavy atom. The van der Waals surface area contributed by atoms with Crippen LogP contribution in [-0.2, 0) is 11.3 Å². The smallest absolute Gasteiger partial charge is 0.313 e. The number of benzene rings is 1. The van der Waals surface area contributed by atoms with Crippen molar-refractivity contribution in [1.29, 1.82) is 0 Å². The molecule has 1 fully saturated rings. The molecule has 1 N–H and O–H groups in total. The summed E-state index contributed by atoms with van der Waals surface area (Å²) >= 11 is 6.65. The number of carboxylic acids is 1. The lowest BCUT2D eigenvalue weighted by Gasteiger charge is -2.15. The van der Waals surface area contributed by atoms with Crippen molar-refractivity contribution in [2.45, 2.75) is 29.3 Å². The Balaban J connectivity index is 2.00. The van der Waals surface area contributed by atoms with Crippen LogP contribution in [0.25, 0.3) is 11.0 Å². The Bertz CT molecular complexity index is 698. The molecule has 2 aromatic rings. The van der Waals surface area contributed by atoms with E-state index in [-0.39, 0.29) is 5.75 Å². The summed E-state index contributed by atoms with van der Waals surface area (Å²) in [6.07, 6.45) is 4.58. The highest BCUT2D eigenvalue weighted by Crippen LogP contribution is 2.49. The number of hydrogen-bond donors (Lipinski definition) is 1. The van der Waals surface area contributed by atoms with Crippen molar-refractivity contribution >= 4 is 56.5 Å². The Morgan fingerprint density at radius 3 is 2.90 bits per heavy atom. The van der Waals surface area contributed by atoms with Gasteiger partial charge >= 0.3 is 5.97 Å². The first-order valence-corrected chi connectivity index (χ1v) is 9.59. The van der Waals surface area contributed by atoms with Crippen molar-refractivity contribution < 1.29 is 9.90 Å². The van der Waals surface area contributed by atoms with Crippen LogP contribution in [-0.4, -0.2) is 37.4 Å². The molecule has 7 heteroatoms. The molecule has 0 unspecified atom stereocenters. The highest BCUT2D eigenvalue weighted by Gasteiger charge is 2.42. The maximum absolute atomic E-state index is 10.8. The molecule has 0 aliphatic heterocycles. The van der Waals surface area contributed by atoms with Crippen molar-refractivity contribution in [3.63, 3.8) is 0 Å². The van der Waals surface area contributed by atoms with Crippen molar-refractivity contribution in [1.82, 2.24) is 9.55 Å². The van der Waals surface area contributed by atoms with E-state index in [0.29, 0.717) is 4.75 Å². The summed E-state index contributed by atoms with van der Waals surface area (Å²) in [6.45, 7) is 0.897. The van der Waals surface area contributed by atoms with Gasteiger partial charge in [-0.05, 0) is 37.3 Å². The van der Waals surface area contributed by atoms with Gasteiger partial charge in [0.15, 0.2) is 5.16 Å². The molecule has 4 nitrogen and oxygen atoms in total. The number of aliphatic carboxylic acids is 1. The molecular formula is C14H15BrN2O2S2. The van der Waals surface area contributed by atoms with Crippen molar-refractivity contribution in [3.8, 4) is 0 Å². The summed E-state index contributed by atoms with van der Waals surface area (Å²) in [5.41, 5.74) is 1.99. The zero-order chi connectivity index (χ0) is 15.0. The highest BCUT2D eigenvalue weighted by atomic mass is 79.9. The van der Waals surface area contributed by atoms with E-state index < -0.39 is 5.97 Å². The lowest BCUT2D eigenvalue weighted by atomic mass is 10.3. The standard InChI is InChI=1S/C14H15BrN2O2S2/c1-20-14(4-5-14)8-17-11-3-2-9(15)6-10(11)16-13(17)21-7-12(18)19/h2-3,6H,4-5,7-8H2,1H3,(H,18,19). The molecule has 0 radical (unpaired) electrons. The second-order valence-corrected chi connectivity index (χ2v) is 8.32. The molecule has 1 aromatic carbocycles. The zero-order valence-corrected chi connectivity index (χ0v) is 14.7. The van der Waals surface area contributed by atoms with Crippen LogP contribution in [0.1, 0.15) is 12.8 Å². The summed E-state index contributed by atoms with van der Waals surface area (Å²) in [6, 6.07) is 6.04. The topological polar surface area (TPSA) is 55.1 Å². The van der Waals surface area contributed by atoms with E-state index in [1.165, 1.54) is 24.6 Å². The van der Waals surface area contributed by atoms with E-state index in [1.807, 2.05) is 30.0 Å². The molecule has 112 valence electrons. The average Bonchev–Trinajstić information content (AvgIpc) is 3.14. The number of nitrogens with zero attached hydrogens (tertiary/aromatic N) is 2. The molecule has 0 saturated heterocycles. The number of thioether (sulfide) groups is 2. The van der Waals surface area contributed by atoms with Gasteiger partial charge in [-0.1, -0.05) is 27.7 Å². The summed E-state index contributed by atoms with van der Waals surface area (Å²) < 4.78 is 3.47. The number of aromatic nitrogens is 2. The number of carbonyl (C=O) groups is 1. The fourth-order valence-electron chi connectivity index (χ4n) is 2.32. The largest absolute Gasteiger partial charge is 0.481 e. The first kappa shape index (κ1) is 15.2. The maximum atomic E-state index is 10.8. The van der Waals surface area contributed by atoms with Crippen LogP contribution in [0.15, 0.2) is 27.8 Å². The van der Waals surface area contributed by atoms with Crippen molar-refractivity contribution in [2.24, 2.45) is 0 Å². The van der Waals surface area contributed by atoms with E-state index in [0.717, 1.165) is 27.2 Å². The number of hydrogen-bond acceptors (Lipinski definition) is 4. The van der Waals surface area contributed by atoms with Gasteiger partial charge in [-0.15, -0.1) is 0 Å². The summed E-state index contributed by atoms with van der Waals surface area (Å²) in [5, 5.41) is 9.70. The first-order valence-electron chi connectivity index (χ1n) is 6.58. The number of fused-ring (bicyclic) bond motifs is 1. The summed E-state index contributed by atoms with van der Waals surface area (Å²) in [4.78, 5) is 15.5. The first-order chi connectivity index (χ1) is 10.0. The van der Waals surface area contributed by atoms with Gasteiger partial charge in [0.25, 0.3) is 0 Å². The van der Waals surface area contributed by atoms with Gasteiger partial charge in [-0.2, -0.15) is 11.8 Å². The van der Waals surface area contributed by atoms with Gasteiger partial charge in [0.2, 0.25) is 0 Å². The van der Waals surface area contributed by atoms with Crippen molar-refractivity contribution in [2.75, 3.05) is 12.0 Å². The lowest BCUT2D eigenvalue weighted by molar-refractivity contribution is -0.133. The monoisotopic (exact) mass is 386 g/mol. The van der Waals surface area contributed by atoms with Gasteiger partial charge in [0.05, 0.1) is 16.8 Å². The summed E-state index contributed by atoms with van der Waals surface area (Å²) in [5.74, 6) is -0.776. The minimum atomic E-state index is -0.814. The van der Waals surface area contributed by atoms with Crippen LogP contribution in [0.3, 0.4) is 0 Å². The molecule has 21 heavy (non-hydrogen) atoms. The van der Waals surface area contributed by atoms with Crippen LogP contribution in [0.2, 0.25) is 0 Å². The quantitative estimate of drug-likeness (QED) is 0.763. The molecule has 1 aromatic heterocycles. The Kier molecular flexibility index (Phi) is 4.25. The molecule has 1 aliphatic carbocycles. The molecule has 0 bridgehead atoms. The third-order valence-electron chi connectivity index (χ3n) is 3.69. The molecular weight excluding hydrogens is 372 g/mol. The van der Waals surface area contributed by atoms with Crippen LogP contribution >= 0.6 is 39.5 Å². The number of rotatable bonds is 6. The Labute approximate surface area is 139 Å². The third-order valence-corrected chi connectivity index (χ3v) is 6.54. The second kappa shape index (κ2) is 5.85. The van der Waals surface area contributed by atoms with E-state index >= 15 is 0 Å². The zero-order valence-electron chi connectivity index (χ0n) is 11.5. The van der Waals surface area contributed by atoms with Crippen molar-refractivity contribution in [3.05, 3.63) is 22.7 Å². The van der Waals surface area contributed by atoms with Crippen LogP contribution in [0, 0.1) is 0 Å². The minimum absolute atomic E-state index is 0.0385. The summed E-state index contributed by atoms with van der Waals surface area (Å²) in [7, 11) is 0. The fourth-order valence-corrected chi connectivity index (χ4v) is 4.18. The predicted octanol–water partition coefficient (Wildman–Crippen LogP) is 3.87. The van der Waals surface area contributed by atoms with Gasteiger partial charge in [-0.3, -0.25) is 4.79 Å². The van der Waals surface area contributed by atoms with E-state index in [1.54, 1.807) is 0 Å². The van der Waals surface area contributed by atoms with Gasteiger partial charge in [0, 0.05) is 15.8 Å². The highest BCUT2D eigenvalue weighted by molar-refractivity contribution is 9.10. The second-order valence-electron chi connectivity index (χ2n) is 5.18. The average molecular weight is 387 g/mol. The van der Waals surface area contributed by atoms with E-state index in [4.69, 9.17) is 5.11 Å². The molecule has 0 atom stereocenters. The number of halogens is 1. The molecule has 3 rings (SSSR count). The lowest BCUT2D eigenvalue weighted by Crippen LogP contribution is -2.14. The number of carboxylic acid groups (broad SMARTS) is 1. The normalized spacial score (nSPS) is 16.3. The molecule has 1 saturated carbocycles. The molecule has 1 heterocycles. The number of imidazole rings is 1.